The SMILES string of the molecule is COc1ccccc1CNC(=O)CN(CCO)C(C)C. The molecular weight excluding hydrogens is 256 g/mol. The first kappa shape index (κ1) is 16.5. The predicted molar refractivity (Wildman–Crippen MR) is 78.6 cm³/mol. The third kappa shape index (κ3) is 5.19. The number of rotatable bonds is 8. The van der Waals surface area contributed by atoms with Crippen molar-refractivity contribution in [1.29, 1.82) is 0 Å². The Morgan fingerprint density at radius 3 is 2.70 bits per heavy atom. The maximum Gasteiger partial charge on any atom is 0.234 e. The number of para-hydroxylation sites is 1. The lowest BCUT2D eigenvalue weighted by Gasteiger charge is -2.24. The van der Waals surface area contributed by atoms with Crippen LogP contribution in [0.2, 0.25) is 0 Å². The zero-order valence-electron chi connectivity index (χ0n) is 12.4. The second-order valence-corrected chi connectivity index (χ2v) is 4.88. The van der Waals surface area contributed by atoms with E-state index in [1.54, 1.807) is 7.11 Å². The van der Waals surface area contributed by atoms with Crippen LogP contribution in [0.25, 0.3) is 0 Å². The average molecular weight is 280 g/mol. The van der Waals surface area contributed by atoms with E-state index in [1.807, 2.05) is 43.0 Å². The largest absolute Gasteiger partial charge is 0.496 e. The number of methoxy groups -OCH3 is 1. The van der Waals surface area contributed by atoms with Crippen LogP contribution in [0.5, 0.6) is 5.75 Å². The van der Waals surface area contributed by atoms with E-state index in [4.69, 9.17) is 9.84 Å². The summed E-state index contributed by atoms with van der Waals surface area (Å²) in [5, 5.41) is 11.9. The molecule has 112 valence electrons. The molecule has 0 aliphatic heterocycles. The Morgan fingerprint density at radius 2 is 2.10 bits per heavy atom. The molecule has 0 bridgehead atoms. The Kier molecular flexibility index (Phi) is 7.04. The molecule has 0 radical (unpaired) electrons. The molecule has 0 aliphatic rings. The summed E-state index contributed by atoms with van der Waals surface area (Å²) < 4.78 is 5.24. The van der Waals surface area contributed by atoms with Gasteiger partial charge in [0, 0.05) is 24.7 Å². The third-order valence-corrected chi connectivity index (χ3v) is 3.13. The van der Waals surface area contributed by atoms with Gasteiger partial charge in [0.1, 0.15) is 5.75 Å². The minimum Gasteiger partial charge on any atom is -0.496 e. The fourth-order valence-corrected chi connectivity index (χ4v) is 1.93. The molecule has 1 aromatic rings. The number of aliphatic hydroxyl groups is 1. The minimum atomic E-state index is -0.0574. The molecule has 5 heteroatoms. The molecule has 1 aromatic carbocycles. The van der Waals surface area contributed by atoms with Gasteiger partial charge in [-0.3, -0.25) is 9.69 Å². The third-order valence-electron chi connectivity index (χ3n) is 3.13. The molecule has 2 N–H and O–H groups in total. The number of nitrogens with zero attached hydrogens (tertiary/aromatic N) is 1. The Balaban J connectivity index is 2.50. The van der Waals surface area contributed by atoms with E-state index in [2.05, 4.69) is 5.32 Å². The summed E-state index contributed by atoms with van der Waals surface area (Å²) in [6.07, 6.45) is 0. The minimum absolute atomic E-state index is 0.0535. The summed E-state index contributed by atoms with van der Waals surface area (Å²) in [5.74, 6) is 0.710. The number of carbonyl (C=O) groups excluding carboxylic acids is 1. The quantitative estimate of drug-likeness (QED) is 0.746. The van der Waals surface area contributed by atoms with Crippen LogP contribution in [0, 0.1) is 0 Å². The van der Waals surface area contributed by atoms with Crippen LogP contribution < -0.4 is 10.1 Å². The van der Waals surface area contributed by atoms with Crippen molar-refractivity contribution in [1.82, 2.24) is 10.2 Å². The molecule has 0 atom stereocenters. The van der Waals surface area contributed by atoms with Crippen molar-refractivity contribution < 1.29 is 14.6 Å². The first-order valence-electron chi connectivity index (χ1n) is 6.82. The number of ether oxygens (including phenoxy) is 1. The summed E-state index contributed by atoms with van der Waals surface area (Å²) in [5.41, 5.74) is 0.946. The van der Waals surface area contributed by atoms with Gasteiger partial charge >= 0.3 is 0 Å². The highest BCUT2D eigenvalue weighted by Gasteiger charge is 2.13. The second-order valence-electron chi connectivity index (χ2n) is 4.88. The normalized spacial score (nSPS) is 10.9. The van der Waals surface area contributed by atoms with Crippen molar-refractivity contribution in [2.24, 2.45) is 0 Å². The number of aliphatic hydroxyl groups excluding tert-OH is 1. The summed E-state index contributed by atoms with van der Waals surface area (Å²) >= 11 is 0. The van der Waals surface area contributed by atoms with Crippen LogP contribution in [0.4, 0.5) is 0 Å². The van der Waals surface area contributed by atoms with Gasteiger partial charge in [-0.25, -0.2) is 0 Å². The standard InChI is InChI=1S/C15H24N2O3/c1-12(2)17(8-9-18)11-15(19)16-10-13-6-4-5-7-14(13)20-3/h4-7,12,18H,8-11H2,1-3H3,(H,16,19). The van der Waals surface area contributed by atoms with Gasteiger partial charge in [-0.1, -0.05) is 18.2 Å². The fraction of sp³-hybridized carbons (Fsp3) is 0.533. The number of amides is 1. The average Bonchev–Trinajstić information content (AvgIpc) is 2.44. The lowest BCUT2D eigenvalue weighted by molar-refractivity contribution is -0.122. The molecule has 0 aromatic heterocycles. The van der Waals surface area contributed by atoms with Gasteiger partial charge in [0.05, 0.1) is 20.3 Å². The molecule has 1 amide bonds. The van der Waals surface area contributed by atoms with Gasteiger partial charge in [-0.15, -0.1) is 0 Å². The lowest BCUT2D eigenvalue weighted by Crippen LogP contribution is -2.42. The van der Waals surface area contributed by atoms with Crippen molar-refractivity contribution in [3.8, 4) is 5.75 Å². The molecular formula is C15H24N2O3. The number of hydrogen-bond acceptors (Lipinski definition) is 4. The molecule has 0 aliphatic carbocycles. The van der Waals surface area contributed by atoms with Crippen LogP contribution in [0.1, 0.15) is 19.4 Å². The van der Waals surface area contributed by atoms with Crippen LogP contribution in [-0.2, 0) is 11.3 Å². The number of nitrogens with one attached hydrogen (secondary N) is 1. The molecule has 0 saturated heterocycles. The van der Waals surface area contributed by atoms with E-state index < -0.39 is 0 Å². The number of hydrogen-bond donors (Lipinski definition) is 2. The molecule has 1 rings (SSSR count). The van der Waals surface area contributed by atoms with Crippen LogP contribution in [0.15, 0.2) is 24.3 Å². The molecule has 5 nitrogen and oxygen atoms in total. The Bertz CT molecular complexity index is 421. The molecule has 0 spiro atoms. The van der Waals surface area contributed by atoms with Crippen molar-refractivity contribution in [2.45, 2.75) is 26.4 Å². The topological polar surface area (TPSA) is 61.8 Å². The maximum atomic E-state index is 11.9. The zero-order valence-corrected chi connectivity index (χ0v) is 12.4. The summed E-state index contributed by atoms with van der Waals surface area (Å²) in [7, 11) is 1.61. The zero-order chi connectivity index (χ0) is 15.0. The molecule has 20 heavy (non-hydrogen) atoms. The van der Waals surface area contributed by atoms with Gasteiger partial charge in [-0.2, -0.15) is 0 Å². The molecule has 0 unspecified atom stereocenters. The van der Waals surface area contributed by atoms with Gasteiger partial charge < -0.3 is 15.2 Å². The van der Waals surface area contributed by atoms with E-state index >= 15 is 0 Å². The number of benzene rings is 1. The van der Waals surface area contributed by atoms with Crippen LogP contribution in [-0.4, -0.2) is 48.8 Å². The summed E-state index contributed by atoms with van der Waals surface area (Å²) in [4.78, 5) is 13.9. The van der Waals surface area contributed by atoms with Gasteiger partial charge in [0.25, 0.3) is 0 Å². The van der Waals surface area contributed by atoms with E-state index in [9.17, 15) is 4.79 Å². The summed E-state index contributed by atoms with van der Waals surface area (Å²) in [6, 6.07) is 7.82. The van der Waals surface area contributed by atoms with Crippen LogP contribution >= 0.6 is 0 Å². The molecule has 0 fully saturated rings. The first-order valence-corrected chi connectivity index (χ1v) is 6.82. The van der Waals surface area contributed by atoms with Gasteiger partial charge in [0.15, 0.2) is 0 Å². The van der Waals surface area contributed by atoms with Crippen LogP contribution in [0.3, 0.4) is 0 Å². The Hall–Kier alpha value is -1.59. The Labute approximate surface area is 120 Å². The van der Waals surface area contributed by atoms with E-state index in [-0.39, 0.29) is 25.1 Å². The van der Waals surface area contributed by atoms with Crippen molar-refractivity contribution in [3.63, 3.8) is 0 Å². The number of carbonyl (C=O) groups is 1. The predicted octanol–water partition coefficient (Wildman–Crippen LogP) is 1.01. The van der Waals surface area contributed by atoms with Gasteiger partial charge in [0.2, 0.25) is 5.91 Å². The first-order chi connectivity index (χ1) is 9.58. The highest BCUT2D eigenvalue weighted by atomic mass is 16.5. The lowest BCUT2D eigenvalue weighted by atomic mass is 10.2. The van der Waals surface area contributed by atoms with Crippen molar-refractivity contribution >= 4 is 5.91 Å². The van der Waals surface area contributed by atoms with E-state index in [0.717, 1.165) is 11.3 Å². The molecule has 0 saturated carbocycles. The smallest absolute Gasteiger partial charge is 0.234 e. The second kappa shape index (κ2) is 8.55. The highest BCUT2D eigenvalue weighted by molar-refractivity contribution is 5.78. The van der Waals surface area contributed by atoms with Crippen molar-refractivity contribution in [3.05, 3.63) is 29.8 Å². The van der Waals surface area contributed by atoms with Crippen molar-refractivity contribution in [2.75, 3.05) is 26.8 Å². The van der Waals surface area contributed by atoms with Gasteiger partial charge in [-0.05, 0) is 19.9 Å². The highest BCUT2D eigenvalue weighted by Crippen LogP contribution is 2.16. The fourth-order valence-electron chi connectivity index (χ4n) is 1.93. The maximum absolute atomic E-state index is 11.9. The Morgan fingerprint density at radius 1 is 1.40 bits per heavy atom. The molecule has 0 heterocycles. The van der Waals surface area contributed by atoms with E-state index in [1.165, 1.54) is 0 Å². The van der Waals surface area contributed by atoms with E-state index in [0.29, 0.717) is 13.1 Å². The summed E-state index contributed by atoms with van der Waals surface area (Å²) in [6.45, 7) is 5.28. The monoisotopic (exact) mass is 280 g/mol.